The van der Waals surface area contributed by atoms with E-state index in [1.165, 1.54) is 9.13 Å². The zero-order valence-corrected chi connectivity index (χ0v) is 12.0. The lowest BCUT2D eigenvalue weighted by Crippen LogP contribution is -2.39. The number of aromatic nitrogens is 4. The van der Waals surface area contributed by atoms with E-state index >= 15 is 0 Å². The molecule has 1 atom stereocenters. The van der Waals surface area contributed by atoms with Gasteiger partial charge in [-0.1, -0.05) is 0 Å². The lowest BCUT2D eigenvalue weighted by Gasteiger charge is -2.14. The van der Waals surface area contributed by atoms with Crippen LogP contribution in [0.1, 0.15) is 25.2 Å². The highest BCUT2D eigenvalue weighted by atomic mass is 16.2. The van der Waals surface area contributed by atoms with E-state index in [4.69, 9.17) is 0 Å². The van der Waals surface area contributed by atoms with Crippen molar-refractivity contribution in [2.24, 2.45) is 7.05 Å². The minimum absolute atomic E-state index is 0.232. The maximum absolute atomic E-state index is 12.6. The molecule has 0 aliphatic carbocycles. The molecule has 3 rings (SSSR count). The summed E-state index contributed by atoms with van der Waals surface area (Å²) in [6.45, 7) is 5.84. The van der Waals surface area contributed by atoms with Crippen LogP contribution >= 0.6 is 0 Å². The first-order valence-electron chi connectivity index (χ1n) is 6.95. The molecule has 2 aromatic heterocycles. The molecule has 0 radical (unpaired) electrons. The van der Waals surface area contributed by atoms with Crippen LogP contribution in [0.2, 0.25) is 0 Å². The molecule has 1 saturated heterocycles. The van der Waals surface area contributed by atoms with Crippen LogP contribution in [-0.4, -0.2) is 31.8 Å². The zero-order chi connectivity index (χ0) is 14.4. The minimum atomic E-state index is -0.306. The fraction of sp³-hybridized carbons (Fsp3) is 0.615. The van der Waals surface area contributed by atoms with Gasteiger partial charge in [0.15, 0.2) is 11.2 Å². The van der Waals surface area contributed by atoms with E-state index in [0.717, 1.165) is 25.3 Å². The standard InChI is InChI=1S/C13H19N5O2/c1-4-17-12(19)10-11(16(3)13(17)20)15-8(2)18(10)9-5-6-14-7-9/h9,14H,4-7H2,1-3H3. The molecule has 7 nitrogen and oxygen atoms in total. The molecule has 0 bridgehead atoms. The Morgan fingerprint density at radius 2 is 2.15 bits per heavy atom. The molecule has 0 amide bonds. The van der Waals surface area contributed by atoms with Crippen molar-refractivity contribution < 1.29 is 0 Å². The summed E-state index contributed by atoms with van der Waals surface area (Å²) in [5.41, 5.74) is 0.478. The van der Waals surface area contributed by atoms with Crippen LogP contribution in [-0.2, 0) is 13.6 Å². The van der Waals surface area contributed by atoms with E-state index in [-0.39, 0.29) is 17.3 Å². The second-order valence-corrected chi connectivity index (χ2v) is 5.24. The van der Waals surface area contributed by atoms with Crippen molar-refractivity contribution in [1.82, 2.24) is 24.0 Å². The summed E-state index contributed by atoms with van der Waals surface area (Å²) >= 11 is 0. The molecule has 20 heavy (non-hydrogen) atoms. The molecule has 1 unspecified atom stereocenters. The van der Waals surface area contributed by atoms with Gasteiger partial charge in [-0.25, -0.2) is 9.78 Å². The number of hydrogen-bond acceptors (Lipinski definition) is 4. The van der Waals surface area contributed by atoms with Crippen LogP contribution in [0, 0.1) is 6.92 Å². The first-order chi connectivity index (χ1) is 9.56. The Bertz CT molecular complexity index is 777. The topological polar surface area (TPSA) is 73.8 Å². The zero-order valence-electron chi connectivity index (χ0n) is 12.0. The predicted octanol–water partition coefficient (Wildman–Crippen LogP) is -0.241. The third-order valence-corrected chi connectivity index (χ3v) is 4.07. The average Bonchev–Trinajstić information content (AvgIpc) is 3.03. The normalized spacial score (nSPS) is 19.1. The monoisotopic (exact) mass is 277 g/mol. The highest BCUT2D eigenvalue weighted by Gasteiger charge is 2.24. The molecule has 0 aromatic carbocycles. The Balaban J connectivity index is 2.42. The van der Waals surface area contributed by atoms with Crippen molar-refractivity contribution in [2.45, 2.75) is 32.9 Å². The minimum Gasteiger partial charge on any atom is -0.318 e. The lowest BCUT2D eigenvalue weighted by atomic mass is 10.2. The number of nitrogens with one attached hydrogen (secondary N) is 1. The Hall–Kier alpha value is -1.89. The second kappa shape index (κ2) is 4.59. The van der Waals surface area contributed by atoms with E-state index in [1.807, 2.05) is 11.5 Å². The van der Waals surface area contributed by atoms with E-state index in [0.29, 0.717) is 17.7 Å². The summed E-state index contributed by atoms with van der Waals surface area (Å²) in [7, 11) is 1.67. The Morgan fingerprint density at radius 3 is 2.75 bits per heavy atom. The van der Waals surface area contributed by atoms with Gasteiger partial charge in [0.2, 0.25) is 0 Å². The van der Waals surface area contributed by atoms with Gasteiger partial charge in [-0.15, -0.1) is 0 Å². The lowest BCUT2D eigenvalue weighted by molar-refractivity contribution is 0.542. The molecular weight excluding hydrogens is 258 g/mol. The number of hydrogen-bond donors (Lipinski definition) is 1. The molecule has 1 N–H and O–H groups in total. The van der Waals surface area contributed by atoms with Gasteiger partial charge in [0.05, 0.1) is 0 Å². The summed E-state index contributed by atoms with van der Waals surface area (Å²) in [6, 6.07) is 0.232. The first kappa shape index (κ1) is 13.1. The van der Waals surface area contributed by atoms with Gasteiger partial charge in [0, 0.05) is 26.2 Å². The predicted molar refractivity (Wildman–Crippen MR) is 76.2 cm³/mol. The van der Waals surface area contributed by atoms with E-state index < -0.39 is 0 Å². The highest BCUT2D eigenvalue weighted by Crippen LogP contribution is 2.21. The number of imidazole rings is 1. The van der Waals surface area contributed by atoms with Gasteiger partial charge in [-0.05, 0) is 26.8 Å². The summed E-state index contributed by atoms with van der Waals surface area (Å²) in [4.78, 5) is 29.2. The van der Waals surface area contributed by atoms with Crippen LogP contribution in [0.3, 0.4) is 0 Å². The summed E-state index contributed by atoms with van der Waals surface area (Å²) in [6.07, 6.45) is 0.973. The second-order valence-electron chi connectivity index (χ2n) is 5.24. The third kappa shape index (κ3) is 1.66. The largest absolute Gasteiger partial charge is 0.332 e. The van der Waals surface area contributed by atoms with Crippen molar-refractivity contribution in [3.63, 3.8) is 0 Å². The van der Waals surface area contributed by atoms with Crippen LogP contribution in [0.15, 0.2) is 9.59 Å². The Morgan fingerprint density at radius 1 is 1.40 bits per heavy atom. The maximum atomic E-state index is 12.6. The van der Waals surface area contributed by atoms with Crippen molar-refractivity contribution in [1.29, 1.82) is 0 Å². The van der Waals surface area contributed by atoms with Crippen molar-refractivity contribution >= 4 is 11.2 Å². The number of aryl methyl sites for hydroxylation is 2. The van der Waals surface area contributed by atoms with Crippen molar-refractivity contribution in [3.05, 3.63) is 26.7 Å². The maximum Gasteiger partial charge on any atom is 0.332 e. The van der Waals surface area contributed by atoms with Gasteiger partial charge in [0.1, 0.15) is 5.82 Å². The fourth-order valence-electron chi connectivity index (χ4n) is 3.03. The van der Waals surface area contributed by atoms with Crippen molar-refractivity contribution in [3.8, 4) is 0 Å². The van der Waals surface area contributed by atoms with E-state index in [1.54, 1.807) is 14.0 Å². The molecule has 3 heterocycles. The summed E-state index contributed by atoms with van der Waals surface area (Å²) < 4.78 is 4.72. The van der Waals surface area contributed by atoms with Gasteiger partial charge >= 0.3 is 5.69 Å². The number of rotatable bonds is 2. The highest BCUT2D eigenvalue weighted by molar-refractivity contribution is 5.71. The molecular formula is C13H19N5O2. The van der Waals surface area contributed by atoms with Gasteiger partial charge < -0.3 is 9.88 Å². The molecule has 7 heteroatoms. The SMILES string of the molecule is CCn1c(=O)c2c(nc(C)n2C2CCNC2)n(C)c1=O. The molecule has 1 aliphatic rings. The van der Waals surface area contributed by atoms with E-state index in [9.17, 15) is 9.59 Å². The Labute approximate surface area is 115 Å². The fourth-order valence-corrected chi connectivity index (χ4v) is 3.03. The van der Waals surface area contributed by atoms with Crippen molar-refractivity contribution in [2.75, 3.05) is 13.1 Å². The summed E-state index contributed by atoms with van der Waals surface area (Å²) in [5.74, 6) is 0.787. The first-order valence-corrected chi connectivity index (χ1v) is 6.95. The molecule has 2 aromatic rings. The van der Waals surface area contributed by atoms with Crippen LogP contribution in [0.5, 0.6) is 0 Å². The summed E-state index contributed by atoms with van der Waals surface area (Å²) in [5, 5.41) is 3.30. The smallest absolute Gasteiger partial charge is 0.318 e. The number of nitrogens with zero attached hydrogens (tertiary/aromatic N) is 4. The molecule has 0 spiro atoms. The Kier molecular flexibility index (Phi) is 3.01. The van der Waals surface area contributed by atoms with Gasteiger partial charge in [0.25, 0.3) is 5.56 Å². The molecule has 108 valence electrons. The van der Waals surface area contributed by atoms with Gasteiger partial charge in [-0.3, -0.25) is 13.9 Å². The quantitative estimate of drug-likeness (QED) is 0.822. The molecule has 1 aliphatic heterocycles. The van der Waals surface area contributed by atoms with E-state index in [2.05, 4.69) is 10.3 Å². The van der Waals surface area contributed by atoms with Crippen LogP contribution in [0.25, 0.3) is 11.2 Å². The van der Waals surface area contributed by atoms with Crippen LogP contribution < -0.4 is 16.6 Å². The average molecular weight is 277 g/mol. The number of fused-ring (bicyclic) bond motifs is 1. The van der Waals surface area contributed by atoms with Gasteiger partial charge in [-0.2, -0.15) is 0 Å². The third-order valence-electron chi connectivity index (χ3n) is 4.07. The molecule has 0 saturated carbocycles. The van der Waals surface area contributed by atoms with Crippen LogP contribution in [0.4, 0.5) is 0 Å². The molecule has 1 fully saturated rings.